The van der Waals surface area contributed by atoms with E-state index in [0.29, 0.717) is 18.7 Å². The van der Waals surface area contributed by atoms with Gasteiger partial charge < -0.3 is 14.7 Å². The Kier molecular flexibility index (Phi) is 4.24. The van der Waals surface area contributed by atoms with E-state index in [0.717, 1.165) is 23.2 Å². The number of phenols is 1. The number of aromatic hydroxyl groups is 1. The lowest BCUT2D eigenvalue weighted by Crippen LogP contribution is -2.47. The first-order chi connectivity index (χ1) is 11.1. The van der Waals surface area contributed by atoms with Crippen molar-refractivity contribution in [2.45, 2.75) is 32.8 Å². The summed E-state index contributed by atoms with van der Waals surface area (Å²) in [5, 5.41) is 9.71. The molecule has 23 heavy (non-hydrogen) atoms. The summed E-state index contributed by atoms with van der Waals surface area (Å²) < 4.78 is 5.91. The Morgan fingerprint density at radius 3 is 2.74 bits per heavy atom. The third-order valence-corrected chi connectivity index (χ3v) is 4.16. The molecule has 1 aliphatic rings. The molecule has 2 aromatic rings. The molecule has 4 nitrogen and oxygen atoms in total. The van der Waals surface area contributed by atoms with Crippen LogP contribution < -0.4 is 9.64 Å². The summed E-state index contributed by atoms with van der Waals surface area (Å²) >= 11 is 0. The largest absolute Gasteiger partial charge is 0.508 e. The maximum Gasteiger partial charge on any atom is 0.268 e. The molecule has 0 bridgehead atoms. The molecular weight excluding hydrogens is 290 g/mol. The number of ether oxygens (including phenoxy) is 1. The quantitative estimate of drug-likeness (QED) is 0.941. The summed E-state index contributed by atoms with van der Waals surface area (Å²) in [4.78, 5) is 14.6. The Morgan fingerprint density at radius 1 is 1.22 bits per heavy atom. The maximum absolute atomic E-state index is 12.8. The van der Waals surface area contributed by atoms with Crippen LogP contribution in [0.1, 0.15) is 24.5 Å². The van der Waals surface area contributed by atoms with Gasteiger partial charge in [-0.15, -0.1) is 0 Å². The second-order valence-corrected chi connectivity index (χ2v) is 5.88. The van der Waals surface area contributed by atoms with Crippen LogP contribution in [0.2, 0.25) is 0 Å². The molecule has 0 spiro atoms. The van der Waals surface area contributed by atoms with E-state index in [9.17, 15) is 9.90 Å². The van der Waals surface area contributed by atoms with Crippen LogP contribution in [-0.4, -0.2) is 23.7 Å². The lowest BCUT2D eigenvalue weighted by atomic mass is 10.0. The van der Waals surface area contributed by atoms with Crippen LogP contribution in [0.25, 0.3) is 0 Å². The molecule has 1 unspecified atom stereocenters. The number of fused-ring (bicyclic) bond motifs is 1. The summed E-state index contributed by atoms with van der Waals surface area (Å²) in [6.45, 7) is 4.72. The molecule has 0 fully saturated rings. The van der Waals surface area contributed by atoms with Crippen molar-refractivity contribution in [3.8, 4) is 11.5 Å². The fourth-order valence-electron chi connectivity index (χ4n) is 2.94. The molecular formula is C19H21NO3. The Bertz CT molecular complexity index is 726. The van der Waals surface area contributed by atoms with E-state index in [2.05, 4.69) is 0 Å². The van der Waals surface area contributed by atoms with E-state index in [1.54, 1.807) is 23.1 Å². The first kappa shape index (κ1) is 15.4. The van der Waals surface area contributed by atoms with Gasteiger partial charge in [-0.1, -0.05) is 31.2 Å². The minimum absolute atomic E-state index is 0.0201. The van der Waals surface area contributed by atoms with E-state index >= 15 is 0 Å². The predicted octanol–water partition coefficient (Wildman–Crippen LogP) is 3.45. The fraction of sp³-hybridized carbons (Fsp3) is 0.316. The smallest absolute Gasteiger partial charge is 0.268 e. The zero-order chi connectivity index (χ0) is 16.4. The highest BCUT2D eigenvalue weighted by Crippen LogP contribution is 2.37. The van der Waals surface area contributed by atoms with E-state index in [4.69, 9.17) is 4.74 Å². The van der Waals surface area contributed by atoms with Gasteiger partial charge in [-0.3, -0.25) is 4.79 Å². The Hall–Kier alpha value is -2.49. The molecule has 1 atom stereocenters. The number of benzene rings is 2. The number of phenolic OH excluding ortho intramolecular Hbond substituents is 1. The molecule has 0 radical (unpaired) electrons. The highest BCUT2D eigenvalue weighted by molar-refractivity contribution is 6.00. The summed E-state index contributed by atoms with van der Waals surface area (Å²) in [6.07, 6.45) is 0.834. The van der Waals surface area contributed by atoms with Gasteiger partial charge in [0.2, 0.25) is 0 Å². The van der Waals surface area contributed by atoms with Gasteiger partial charge in [0.15, 0.2) is 6.10 Å². The number of anilines is 1. The van der Waals surface area contributed by atoms with Gasteiger partial charge in [0.1, 0.15) is 11.5 Å². The molecule has 1 heterocycles. The summed E-state index contributed by atoms with van der Waals surface area (Å²) in [5.74, 6) is 0.689. The molecule has 0 saturated heterocycles. The minimum atomic E-state index is -0.558. The molecule has 1 N–H and O–H groups in total. The van der Waals surface area contributed by atoms with E-state index < -0.39 is 6.10 Å². The number of aryl methyl sites for hydroxylation is 1. The number of rotatable bonds is 4. The first-order valence-corrected chi connectivity index (χ1v) is 7.95. The van der Waals surface area contributed by atoms with Crippen molar-refractivity contribution in [3.63, 3.8) is 0 Å². The van der Waals surface area contributed by atoms with Crippen LogP contribution in [0.15, 0.2) is 42.5 Å². The molecule has 1 aliphatic heterocycles. The van der Waals surface area contributed by atoms with Crippen molar-refractivity contribution in [2.24, 2.45) is 0 Å². The molecule has 1 amide bonds. The van der Waals surface area contributed by atoms with Crippen LogP contribution in [0.5, 0.6) is 11.5 Å². The van der Waals surface area contributed by atoms with Gasteiger partial charge in [0, 0.05) is 19.0 Å². The van der Waals surface area contributed by atoms with Gasteiger partial charge in [-0.25, -0.2) is 0 Å². The van der Waals surface area contributed by atoms with Crippen molar-refractivity contribution in [1.82, 2.24) is 0 Å². The summed E-state index contributed by atoms with van der Waals surface area (Å²) in [6, 6.07) is 12.9. The molecule has 0 aromatic heterocycles. The van der Waals surface area contributed by atoms with Crippen molar-refractivity contribution < 1.29 is 14.6 Å². The van der Waals surface area contributed by atoms with Gasteiger partial charge in [0.05, 0.1) is 5.69 Å². The van der Waals surface area contributed by atoms with Crippen molar-refractivity contribution in [2.75, 3.05) is 11.4 Å². The molecule has 0 aliphatic carbocycles. The number of nitrogens with zero attached hydrogens (tertiary/aromatic N) is 1. The van der Waals surface area contributed by atoms with Gasteiger partial charge in [0.25, 0.3) is 5.91 Å². The average molecular weight is 311 g/mol. The zero-order valence-corrected chi connectivity index (χ0v) is 13.5. The SMILES string of the molecule is CCCN1C(=O)C(Cc2ccccc2C)Oc2cc(O)ccc21. The Balaban J connectivity index is 1.93. The van der Waals surface area contributed by atoms with E-state index in [-0.39, 0.29) is 11.7 Å². The predicted molar refractivity (Wildman–Crippen MR) is 90.0 cm³/mol. The van der Waals surface area contributed by atoms with Crippen molar-refractivity contribution in [3.05, 3.63) is 53.6 Å². The highest BCUT2D eigenvalue weighted by atomic mass is 16.5. The third-order valence-electron chi connectivity index (χ3n) is 4.16. The van der Waals surface area contributed by atoms with Crippen LogP contribution >= 0.6 is 0 Å². The number of hydrogen-bond acceptors (Lipinski definition) is 3. The van der Waals surface area contributed by atoms with E-state index in [1.807, 2.05) is 38.1 Å². The van der Waals surface area contributed by atoms with Crippen LogP contribution in [0.3, 0.4) is 0 Å². The second-order valence-electron chi connectivity index (χ2n) is 5.88. The van der Waals surface area contributed by atoms with Crippen LogP contribution in [-0.2, 0) is 11.2 Å². The minimum Gasteiger partial charge on any atom is -0.508 e. The topological polar surface area (TPSA) is 49.8 Å². The molecule has 4 heteroatoms. The number of carbonyl (C=O) groups is 1. The molecule has 3 rings (SSSR count). The highest BCUT2D eigenvalue weighted by Gasteiger charge is 2.34. The molecule has 120 valence electrons. The van der Waals surface area contributed by atoms with Crippen LogP contribution in [0, 0.1) is 6.92 Å². The summed E-state index contributed by atoms with van der Waals surface area (Å²) in [7, 11) is 0. The standard InChI is InChI=1S/C19H21NO3/c1-3-10-20-16-9-8-15(21)12-17(16)23-18(19(20)22)11-14-7-5-4-6-13(14)2/h4-9,12,18,21H,3,10-11H2,1-2H3. The van der Waals surface area contributed by atoms with Crippen molar-refractivity contribution >= 4 is 11.6 Å². The van der Waals surface area contributed by atoms with Gasteiger partial charge in [-0.2, -0.15) is 0 Å². The second kappa shape index (κ2) is 6.32. The van der Waals surface area contributed by atoms with Crippen LogP contribution in [0.4, 0.5) is 5.69 Å². The van der Waals surface area contributed by atoms with E-state index in [1.165, 1.54) is 0 Å². The lowest BCUT2D eigenvalue weighted by molar-refractivity contribution is -0.126. The Morgan fingerprint density at radius 2 is 2.00 bits per heavy atom. The average Bonchev–Trinajstić information content (AvgIpc) is 2.53. The number of carbonyl (C=O) groups excluding carboxylic acids is 1. The monoisotopic (exact) mass is 311 g/mol. The maximum atomic E-state index is 12.8. The van der Waals surface area contributed by atoms with Gasteiger partial charge >= 0.3 is 0 Å². The summed E-state index contributed by atoms with van der Waals surface area (Å²) in [5.41, 5.74) is 2.98. The number of amides is 1. The third kappa shape index (κ3) is 3.02. The van der Waals surface area contributed by atoms with Crippen molar-refractivity contribution in [1.29, 1.82) is 0 Å². The zero-order valence-electron chi connectivity index (χ0n) is 13.5. The first-order valence-electron chi connectivity index (χ1n) is 7.95. The molecule has 2 aromatic carbocycles. The Labute approximate surface area is 136 Å². The fourth-order valence-corrected chi connectivity index (χ4v) is 2.94. The normalized spacial score (nSPS) is 16.9. The lowest BCUT2D eigenvalue weighted by Gasteiger charge is -2.34. The van der Waals surface area contributed by atoms with Gasteiger partial charge in [-0.05, 0) is 36.6 Å². The number of hydrogen-bond donors (Lipinski definition) is 1. The molecule has 0 saturated carbocycles.